The van der Waals surface area contributed by atoms with Crippen molar-refractivity contribution in [2.24, 2.45) is 0 Å². The normalized spacial score (nSPS) is 11.8. The van der Waals surface area contributed by atoms with Crippen LogP contribution in [0.25, 0.3) is 0 Å². The number of hydrogen-bond donors (Lipinski definition) is 1. The summed E-state index contributed by atoms with van der Waals surface area (Å²) < 4.78 is 15.7. The number of nitrogens with one attached hydrogen (secondary N) is 1. The van der Waals surface area contributed by atoms with Crippen molar-refractivity contribution < 1.29 is 23.8 Å². The van der Waals surface area contributed by atoms with Gasteiger partial charge in [-0.3, -0.25) is 9.59 Å². The molecule has 0 atom stereocenters. The van der Waals surface area contributed by atoms with Crippen LogP contribution < -0.4 is 24.4 Å². The Kier molecular flexibility index (Phi) is 5.26. The predicted molar refractivity (Wildman–Crippen MR) is 96.8 cm³/mol. The van der Waals surface area contributed by atoms with Gasteiger partial charge in [0.2, 0.25) is 18.6 Å². The summed E-state index contributed by atoms with van der Waals surface area (Å²) >= 11 is 0. The molecule has 7 heteroatoms. The molecular formula is C19H20N2O5. The standard InChI is InChI=1S/C19H20N2O5/c1-13(22)21(15-4-3-5-16(11-15)24-2)9-8-19(23)20-14-6-7-17-18(10-14)26-12-25-17/h3-7,10-11H,8-9,12H2,1-2H3,(H,20,23). The van der Waals surface area contributed by atoms with Gasteiger partial charge in [0, 0.05) is 43.4 Å². The molecule has 1 aliphatic heterocycles. The topological polar surface area (TPSA) is 77.1 Å². The average molecular weight is 356 g/mol. The van der Waals surface area contributed by atoms with Crippen LogP contribution in [0.15, 0.2) is 42.5 Å². The second-order valence-corrected chi connectivity index (χ2v) is 5.74. The lowest BCUT2D eigenvalue weighted by Crippen LogP contribution is -2.31. The molecule has 1 aliphatic rings. The maximum absolute atomic E-state index is 12.2. The first-order valence-corrected chi connectivity index (χ1v) is 8.18. The van der Waals surface area contributed by atoms with E-state index in [1.54, 1.807) is 54.5 Å². The fourth-order valence-electron chi connectivity index (χ4n) is 2.66. The van der Waals surface area contributed by atoms with Crippen molar-refractivity contribution >= 4 is 23.2 Å². The fourth-order valence-corrected chi connectivity index (χ4v) is 2.66. The number of fused-ring (bicyclic) bond motifs is 1. The van der Waals surface area contributed by atoms with E-state index < -0.39 is 0 Å². The van der Waals surface area contributed by atoms with Crippen LogP contribution in [0, 0.1) is 0 Å². The number of nitrogens with zero attached hydrogens (tertiary/aromatic N) is 1. The summed E-state index contributed by atoms with van der Waals surface area (Å²) in [6, 6.07) is 12.4. The molecule has 0 fully saturated rings. The molecule has 3 rings (SSSR count). The third-order valence-corrected chi connectivity index (χ3v) is 3.96. The number of rotatable bonds is 6. The van der Waals surface area contributed by atoms with Gasteiger partial charge in [0.15, 0.2) is 11.5 Å². The number of carbonyl (C=O) groups excluding carboxylic acids is 2. The molecular weight excluding hydrogens is 336 g/mol. The Morgan fingerprint density at radius 2 is 1.96 bits per heavy atom. The van der Waals surface area contributed by atoms with E-state index in [9.17, 15) is 9.59 Å². The van der Waals surface area contributed by atoms with Crippen LogP contribution in [-0.4, -0.2) is 32.3 Å². The van der Waals surface area contributed by atoms with Crippen LogP contribution in [0.1, 0.15) is 13.3 Å². The molecule has 136 valence electrons. The maximum Gasteiger partial charge on any atom is 0.231 e. The first kappa shape index (κ1) is 17.6. The molecule has 1 heterocycles. The van der Waals surface area contributed by atoms with Gasteiger partial charge in [0.1, 0.15) is 5.75 Å². The van der Waals surface area contributed by atoms with Crippen molar-refractivity contribution in [2.75, 3.05) is 30.7 Å². The highest BCUT2D eigenvalue weighted by Gasteiger charge is 2.16. The Labute approximate surface area is 151 Å². The Balaban J connectivity index is 1.62. The summed E-state index contributed by atoms with van der Waals surface area (Å²) in [5, 5.41) is 2.80. The number of carbonyl (C=O) groups is 2. The van der Waals surface area contributed by atoms with E-state index >= 15 is 0 Å². The molecule has 26 heavy (non-hydrogen) atoms. The highest BCUT2D eigenvalue weighted by molar-refractivity contribution is 5.95. The SMILES string of the molecule is COc1cccc(N(CCC(=O)Nc2ccc3c(c2)OCO3)C(C)=O)c1. The van der Waals surface area contributed by atoms with Gasteiger partial charge in [0.05, 0.1) is 7.11 Å². The maximum atomic E-state index is 12.2. The number of anilines is 2. The van der Waals surface area contributed by atoms with E-state index in [0.717, 1.165) is 0 Å². The lowest BCUT2D eigenvalue weighted by Gasteiger charge is -2.21. The number of ether oxygens (including phenoxy) is 3. The fraction of sp³-hybridized carbons (Fsp3) is 0.263. The Morgan fingerprint density at radius 3 is 2.73 bits per heavy atom. The van der Waals surface area contributed by atoms with Gasteiger partial charge >= 0.3 is 0 Å². The second-order valence-electron chi connectivity index (χ2n) is 5.74. The summed E-state index contributed by atoms with van der Waals surface area (Å²) in [6.07, 6.45) is 0.158. The Morgan fingerprint density at radius 1 is 1.15 bits per heavy atom. The zero-order valence-corrected chi connectivity index (χ0v) is 14.7. The van der Waals surface area contributed by atoms with Crippen LogP contribution in [0.5, 0.6) is 17.2 Å². The van der Waals surface area contributed by atoms with Crippen molar-refractivity contribution in [2.45, 2.75) is 13.3 Å². The molecule has 0 saturated heterocycles. The predicted octanol–water partition coefficient (Wildman–Crippen LogP) is 2.81. The molecule has 2 aromatic rings. The van der Waals surface area contributed by atoms with Crippen LogP contribution in [0.4, 0.5) is 11.4 Å². The number of hydrogen-bond acceptors (Lipinski definition) is 5. The number of amides is 2. The minimum absolute atomic E-state index is 0.144. The van der Waals surface area contributed by atoms with E-state index in [1.165, 1.54) is 6.92 Å². The molecule has 7 nitrogen and oxygen atoms in total. The van der Waals surface area contributed by atoms with Crippen molar-refractivity contribution in [1.82, 2.24) is 0 Å². The largest absolute Gasteiger partial charge is 0.497 e. The van der Waals surface area contributed by atoms with E-state index in [-0.39, 0.29) is 31.6 Å². The van der Waals surface area contributed by atoms with Gasteiger partial charge in [-0.25, -0.2) is 0 Å². The molecule has 0 aromatic heterocycles. The summed E-state index contributed by atoms with van der Waals surface area (Å²) in [5.41, 5.74) is 1.31. The summed E-state index contributed by atoms with van der Waals surface area (Å²) in [7, 11) is 1.57. The van der Waals surface area contributed by atoms with Crippen LogP contribution in [-0.2, 0) is 9.59 Å². The zero-order chi connectivity index (χ0) is 18.5. The number of methoxy groups -OCH3 is 1. The van der Waals surface area contributed by atoms with Crippen molar-refractivity contribution in [3.8, 4) is 17.2 Å². The van der Waals surface area contributed by atoms with E-state index in [2.05, 4.69) is 5.32 Å². The monoisotopic (exact) mass is 356 g/mol. The lowest BCUT2D eigenvalue weighted by molar-refractivity contribution is -0.117. The van der Waals surface area contributed by atoms with Gasteiger partial charge < -0.3 is 24.4 Å². The van der Waals surface area contributed by atoms with Crippen molar-refractivity contribution in [3.63, 3.8) is 0 Å². The summed E-state index contributed by atoms with van der Waals surface area (Å²) in [6.45, 7) is 1.91. The zero-order valence-electron chi connectivity index (χ0n) is 14.7. The Hall–Kier alpha value is -3.22. The third kappa shape index (κ3) is 4.05. The van der Waals surface area contributed by atoms with Crippen LogP contribution in [0.3, 0.4) is 0 Å². The Bertz CT molecular complexity index is 821. The minimum atomic E-state index is -0.196. The molecule has 0 saturated carbocycles. The molecule has 0 spiro atoms. The van der Waals surface area contributed by atoms with Gasteiger partial charge in [-0.2, -0.15) is 0 Å². The van der Waals surface area contributed by atoms with Crippen molar-refractivity contribution in [3.05, 3.63) is 42.5 Å². The molecule has 0 radical (unpaired) electrons. The van der Waals surface area contributed by atoms with E-state index in [0.29, 0.717) is 28.6 Å². The molecule has 0 unspecified atom stereocenters. The highest BCUT2D eigenvalue weighted by atomic mass is 16.7. The molecule has 2 amide bonds. The van der Waals surface area contributed by atoms with Crippen LogP contribution >= 0.6 is 0 Å². The molecule has 0 aliphatic carbocycles. The quantitative estimate of drug-likeness (QED) is 0.861. The smallest absolute Gasteiger partial charge is 0.231 e. The number of benzene rings is 2. The van der Waals surface area contributed by atoms with Crippen molar-refractivity contribution in [1.29, 1.82) is 0 Å². The molecule has 0 bridgehead atoms. The third-order valence-electron chi connectivity index (χ3n) is 3.96. The van der Waals surface area contributed by atoms with Gasteiger partial charge in [-0.15, -0.1) is 0 Å². The average Bonchev–Trinajstić information content (AvgIpc) is 3.09. The lowest BCUT2D eigenvalue weighted by atomic mass is 10.2. The first-order valence-electron chi connectivity index (χ1n) is 8.18. The van der Waals surface area contributed by atoms with Crippen LogP contribution in [0.2, 0.25) is 0 Å². The summed E-state index contributed by atoms with van der Waals surface area (Å²) in [4.78, 5) is 25.8. The highest BCUT2D eigenvalue weighted by Crippen LogP contribution is 2.34. The van der Waals surface area contributed by atoms with Gasteiger partial charge in [-0.1, -0.05) is 6.07 Å². The van der Waals surface area contributed by atoms with Gasteiger partial charge in [0.25, 0.3) is 0 Å². The van der Waals surface area contributed by atoms with Gasteiger partial charge in [-0.05, 0) is 24.3 Å². The van der Waals surface area contributed by atoms with E-state index in [4.69, 9.17) is 14.2 Å². The first-order chi connectivity index (χ1) is 12.6. The second kappa shape index (κ2) is 7.77. The minimum Gasteiger partial charge on any atom is -0.497 e. The summed E-state index contributed by atoms with van der Waals surface area (Å²) in [5.74, 6) is 1.57. The van der Waals surface area contributed by atoms with E-state index in [1.807, 2.05) is 0 Å². The molecule has 2 aromatic carbocycles. The molecule has 1 N–H and O–H groups in total.